The van der Waals surface area contributed by atoms with E-state index in [1.807, 2.05) is 36.4 Å². The predicted molar refractivity (Wildman–Crippen MR) is 118 cm³/mol. The summed E-state index contributed by atoms with van der Waals surface area (Å²) in [5.41, 5.74) is 6.57. The highest BCUT2D eigenvalue weighted by molar-refractivity contribution is 6.00. The van der Waals surface area contributed by atoms with Crippen molar-refractivity contribution in [2.75, 3.05) is 0 Å². The fourth-order valence-corrected chi connectivity index (χ4v) is 3.84. The number of H-pyrrole nitrogens is 2. The van der Waals surface area contributed by atoms with E-state index in [9.17, 15) is 4.39 Å². The number of nitrogens with one attached hydrogen (secondary N) is 2. The zero-order valence-electron chi connectivity index (χ0n) is 16.2. The minimum atomic E-state index is -0.291. The molecule has 0 saturated carbocycles. The van der Waals surface area contributed by atoms with Gasteiger partial charge in [-0.15, -0.1) is 0 Å². The van der Waals surface area contributed by atoms with Crippen LogP contribution in [0, 0.1) is 5.82 Å². The summed E-state index contributed by atoms with van der Waals surface area (Å²) in [7, 11) is 0. The number of rotatable bonds is 3. The third-order valence-electron chi connectivity index (χ3n) is 5.31. The van der Waals surface area contributed by atoms with E-state index >= 15 is 0 Å². The van der Waals surface area contributed by atoms with Gasteiger partial charge in [0, 0.05) is 46.0 Å². The SMILES string of the molecule is Fc1cccc(-c2nccc3[nH]c(-c4n[nH]c5cnc(-c6cccnc6)cc45)cc23)c1. The van der Waals surface area contributed by atoms with Gasteiger partial charge in [-0.05, 0) is 42.5 Å². The average Bonchev–Trinajstić information content (AvgIpc) is 3.43. The maximum Gasteiger partial charge on any atom is 0.123 e. The Hall–Kier alpha value is -4.39. The molecule has 0 radical (unpaired) electrons. The smallest absolute Gasteiger partial charge is 0.123 e. The topological polar surface area (TPSA) is 83.1 Å². The second-order valence-electron chi connectivity index (χ2n) is 7.24. The number of nitrogens with zero attached hydrogens (tertiary/aromatic N) is 4. The normalized spacial score (nSPS) is 11.4. The van der Waals surface area contributed by atoms with Crippen molar-refractivity contribution < 1.29 is 4.39 Å². The third-order valence-corrected chi connectivity index (χ3v) is 5.31. The van der Waals surface area contributed by atoms with Crippen molar-refractivity contribution >= 4 is 21.8 Å². The van der Waals surface area contributed by atoms with Gasteiger partial charge >= 0.3 is 0 Å². The molecule has 0 unspecified atom stereocenters. The quantitative estimate of drug-likeness (QED) is 0.414. The van der Waals surface area contributed by atoms with Crippen LogP contribution in [0.25, 0.3) is 55.7 Å². The molecule has 6 nitrogen and oxygen atoms in total. The lowest BCUT2D eigenvalue weighted by Crippen LogP contribution is -1.85. The van der Waals surface area contributed by atoms with Crippen LogP contribution in [0.3, 0.4) is 0 Å². The van der Waals surface area contributed by atoms with E-state index in [1.54, 1.807) is 30.9 Å². The number of hydrogen-bond donors (Lipinski definition) is 2. The van der Waals surface area contributed by atoms with Crippen molar-refractivity contribution in [3.63, 3.8) is 0 Å². The van der Waals surface area contributed by atoms with Gasteiger partial charge in [0.15, 0.2) is 0 Å². The van der Waals surface area contributed by atoms with Gasteiger partial charge in [0.05, 0.1) is 28.8 Å². The molecule has 6 rings (SSSR count). The summed E-state index contributed by atoms with van der Waals surface area (Å²) in [6.07, 6.45) is 7.01. The van der Waals surface area contributed by atoms with Crippen LogP contribution in [-0.2, 0) is 0 Å². The van der Waals surface area contributed by atoms with Crippen LogP contribution in [-0.4, -0.2) is 30.1 Å². The molecule has 7 heteroatoms. The van der Waals surface area contributed by atoms with Crippen molar-refractivity contribution in [2.45, 2.75) is 0 Å². The molecule has 0 aliphatic heterocycles. The molecule has 0 aliphatic rings. The fraction of sp³-hybridized carbons (Fsp3) is 0. The number of aromatic amines is 2. The maximum atomic E-state index is 13.8. The summed E-state index contributed by atoms with van der Waals surface area (Å²) in [6, 6.07) is 16.2. The molecule has 5 aromatic heterocycles. The zero-order chi connectivity index (χ0) is 20.8. The van der Waals surface area contributed by atoms with Gasteiger partial charge in [0.1, 0.15) is 11.5 Å². The van der Waals surface area contributed by atoms with E-state index in [-0.39, 0.29) is 5.82 Å². The Morgan fingerprint density at radius 3 is 2.52 bits per heavy atom. The number of aromatic nitrogens is 6. The fourth-order valence-electron chi connectivity index (χ4n) is 3.84. The van der Waals surface area contributed by atoms with Crippen molar-refractivity contribution in [3.8, 4) is 33.9 Å². The molecule has 1 aromatic carbocycles. The Bertz CT molecular complexity index is 1550. The van der Waals surface area contributed by atoms with Crippen molar-refractivity contribution in [2.24, 2.45) is 0 Å². The average molecular weight is 406 g/mol. The van der Waals surface area contributed by atoms with Gasteiger partial charge in [-0.3, -0.25) is 20.1 Å². The predicted octanol–water partition coefficient (Wildman–Crippen LogP) is 5.37. The molecule has 0 bridgehead atoms. The van der Waals surface area contributed by atoms with E-state index in [1.165, 1.54) is 12.1 Å². The van der Waals surface area contributed by atoms with Crippen LogP contribution < -0.4 is 0 Å². The summed E-state index contributed by atoms with van der Waals surface area (Å²) in [5.74, 6) is -0.291. The molecule has 5 heterocycles. The van der Waals surface area contributed by atoms with Crippen molar-refractivity contribution in [1.29, 1.82) is 0 Å². The number of fused-ring (bicyclic) bond motifs is 2. The van der Waals surface area contributed by atoms with Crippen LogP contribution in [0.4, 0.5) is 4.39 Å². The van der Waals surface area contributed by atoms with E-state index in [0.29, 0.717) is 0 Å². The van der Waals surface area contributed by atoms with E-state index in [2.05, 4.69) is 30.1 Å². The van der Waals surface area contributed by atoms with Crippen molar-refractivity contribution in [3.05, 3.63) is 85.2 Å². The monoisotopic (exact) mass is 406 g/mol. The number of hydrogen-bond acceptors (Lipinski definition) is 4. The summed E-state index contributed by atoms with van der Waals surface area (Å²) in [4.78, 5) is 16.6. The summed E-state index contributed by atoms with van der Waals surface area (Å²) in [6.45, 7) is 0. The summed E-state index contributed by atoms with van der Waals surface area (Å²) in [5, 5.41) is 9.42. The molecule has 0 saturated heterocycles. The first-order valence-electron chi connectivity index (χ1n) is 9.75. The molecule has 31 heavy (non-hydrogen) atoms. The molecule has 0 atom stereocenters. The molecular weight excluding hydrogens is 391 g/mol. The lowest BCUT2D eigenvalue weighted by atomic mass is 10.1. The van der Waals surface area contributed by atoms with Gasteiger partial charge in [0.25, 0.3) is 0 Å². The molecule has 148 valence electrons. The van der Waals surface area contributed by atoms with Gasteiger partial charge in [-0.1, -0.05) is 12.1 Å². The van der Waals surface area contributed by atoms with Gasteiger partial charge < -0.3 is 4.98 Å². The molecule has 0 spiro atoms. The molecule has 0 aliphatic carbocycles. The maximum absolute atomic E-state index is 13.8. The largest absolute Gasteiger partial charge is 0.353 e. The van der Waals surface area contributed by atoms with Crippen LogP contribution in [0.5, 0.6) is 0 Å². The second-order valence-corrected chi connectivity index (χ2v) is 7.24. The molecular formula is C24H15FN6. The molecule has 2 N–H and O–H groups in total. The van der Waals surface area contributed by atoms with Crippen molar-refractivity contribution in [1.82, 2.24) is 30.1 Å². The van der Waals surface area contributed by atoms with E-state index in [0.717, 1.165) is 55.7 Å². The third kappa shape index (κ3) is 2.95. The minimum absolute atomic E-state index is 0.291. The summed E-state index contributed by atoms with van der Waals surface area (Å²) < 4.78 is 13.8. The number of pyridine rings is 3. The Kier molecular flexibility index (Phi) is 3.86. The highest BCUT2D eigenvalue weighted by atomic mass is 19.1. The first kappa shape index (κ1) is 17.5. The minimum Gasteiger partial charge on any atom is -0.353 e. The summed E-state index contributed by atoms with van der Waals surface area (Å²) >= 11 is 0. The lowest BCUT2D eigenvalue weighted by Gasteiger charge is -2.02. The second kappa shape index (κ2) is 6.84. The van der Waals surface area contributed by atoms with Gasteiger partial charge in [-0.2, -0.15) is 5.10 Å². The van der Waals surface area contributed by atoms with E-state index < -0.39 is 0 Å². The molecule has 6 aromatic rings. The lowest BCUT2D eigenvalue weighted by molar-refractivity contribution is 0.628. The Morgan fingerprint density at radius 2 is 1.65 bits per heavy atom. The standard InChI is InChI=1S/C24H15FN6/c25-16-5-1-3-14(9-16)23-17-11-21(29-19(17)6-8-27-23)24-18-10-20(15-4-2-7-26-12-15)28-13-22(18)30-31-24/h1-13,29H,(H,30,31). The molecule has 0 fully saturated rings. The number of halogens is 1. The Labute approximate surface area is 175 Å². The van der Waals surface area contributed by atoms with Crippen LogP contribution in [0.15, 0.2) is 79.4 Å². The van der Waals surface area contributed by atoms with Crippen LogP contribution in [0.2, 0.25) is 0 Å². The highest BCUT2D eigenvalue weighted by Gasteiger charge is 2.15. The Balaban J connectivity index is 1.52. The van der Waals surface area contributed by atoms with Crippen LogP contribution >= 0.6 is 0 Å². The molecule has 0 amide bonds. The van der Waals surface area contributed by atoms with Crippen LogP contribution in [0.1, 0.15) is 0 Å². The first-order valence-corrected chi connectivity index (χ1v) is 9.75. The zero-order valence-corrected chi connectivity index (χ0v) is 16.2. The first-order chi connectivity index (χ1) is 15.3. The Morgan fingerprint density at radius 1 is 0.742 bits per heavy atom. The van der Waals surface area contributed by atoms with E-state index in [4.69, 9.17) is 0 Å². The van der Waals surface area contributed by atoms with Gasteiger partial charge in [0.2, 0.25) is 0 Å². The highest BCUT2D eigenvalue weighted by Crippen LogP contribution is 2.33. The van der Waals surface area contributed by atoms with Gasteiger partial charge in [-0.25, -0.2) is 4.39 Å². The number of benzene rings is 1.